The molecule has 3 aromatic carbocycles. The van der Waals surface area contributed by atoms with Crippen LogP contribution in [0.15, 0.2) is 54.6 Å². The van der Waals surface area contributed by atoms with Crippen LogP contribution in [0.2, 0.25) is 0 Å². The molecule has 1 radical (unpaired) electrons. The topological polar surface area (TPSA) is 111 Å². The maximum absolute atomic E-state index is 12.0. The van der Waals surface area contributed by atoms with Gasteiger partial charge in [0.05, 0.1) is 17.6 Å². The molecule has 1 heterocycles. The molecular weight excluding hydrogens is 354 g/mol. The number of aliphatic hydroxyl groups excluding tert-OH is 1. The first-order valence-electron chi connectivity index (χ1n) is 8.74. The number of rotatable bonds is 5. The normalized spacial score (nSPS) is 11.2. The van der Waals surface area contributed by atoms with Gasteiger partial charge in [-0.3, -0.25) is 9.59 Å². The second-order valence-electron chi connectivity index (χ2n) is 6.64. The third-order valence-electron chi connectivity index (χ3n) is 4.88. The fourth-order valence-electron chi connectivity index (χ4n) is 3.52. The Balaban J connectivity index is 1.95. The first kappa shape index (κ1) is 17.8. The Morgan fingerprint density at radius 2 is 1.71 bits per heavy atom. The second kappa shape index (κ2) is 6.83. The van der Waals surface area contributed by atoms with E-state index in [9.17, 15) is 14.7 Å². The van der Waals surface area contributed by atoms with Crippen LogP contribution in [0.4, 0.5) is 0 Å². The van der Waals surface area contributed by atoms with Gasteiger partial charge in [0.25, 0.3) is 0 Å². The summed E-state index contributed by atoms with van der Waals surface area (Å²) >= 11 is 0. The smallest absolute Gasteiger partial charge is 0.249 e. The molecule has 1 aromatic heterocycles. The van der Waals surface area contributed by atoms with Crippen LogP contribution in [0.1, 0.15) is 31.8 Å². The van der Waals surface area contributed by atoms with Gasteiger partial charge in [0.2, 0.25) is 11.8 Å². The highest BCUT2D eigenvalue weighted by Crippen LogP contribution is 2.32. The Kier molecular flexibility index (Phi) is 4.33. The van der Waals surface area contributed by atoms with Crippen molar-refractivity contribution in [2.75, 3.05) is 0 Å². The van der Waals surface area contributed by atoms with Gasteiger partial charge in [-0.2, -0.15) is 0 Å². The van der Waals surface area contributed by atoms with Crippen LogP contribution in [-0.4, -0.2) is 21.5 Å². The summed E-state index contributed by atoms with van der Waals surface area (Å²) in [6, 6.07) is 19.3. The lowest BCUT2D eigenvalue weighted by molar-refractivity contribution is 0.0992. The molecule has 0 unspecified atom stereocenters. The molecule has 2 amide bonds. The minimum absolute atomic E-state index is 0.107. The average Bonchev–Trinajstić information content (AvgIpc) is 3.01. The molecule has 0 fully saturated rings. The van der Waals surface area contributed by atoms with Crippen LogP contribution in [0.3, 0.4) is 0 Å². The fourth-order valence-corrected chi connectivity index (χ4v) is 3.52. The largest absolute Gasteiger partial charge is 0.392 e. The number of hydrogen-bond donors (Lipinski definition) is 3. The predicted molar refractivity (Wildman–Crippen MR) is 107 cm³/mol. The third-order valence-corrected chi connectivity index (χ3v) is 4.88. The molecule has 0 saturated heterocycles. The second-order valence-corrected chi connectivity index (χ2v) is 6.64. The first-order valence-corrected chi connectivity index (χ1v) is 8.74. The maximum Gasteiger partial charge on any atom is 0.249 e. The van der Waals surface area contributed by atoms with Crippen molar-refractivity contribution in [2.45, 2.75) is 13.2 Å². The number of nitrogens with two attached hydrogens (primary N) is 2. The van der Waals surface area contributed by atoms with Gasteiger partial charge in [-0.25, -0.2) is 0 Å². The molecule has 0 aliphatic rings. The van der Waals surface area contributed by atoms with Crippen molar-refractivity contribution in [1.29, 1.82) is 0 Å². The molecule has 0 bridgehead atoms. The summed E-state index contributed by atoms with van der Waals surface area (Å²) < 4.78 is 2.05. The average molecular weight is 372 g/mol. The van der Waals surface area contributed by atoms with Crippen molar-refractivity contribution in [3.63, 3.8) is 0 Å². The summed E-state index contributed by atoms with van der Waals surface area (Å²) in [5.41, 5.74) is 15.1. The Morgan fingerprint density at radius 1 is 0.964 bits per heavy atom. The molecule has 0 saturated carbocycles. The van der Waals surface area contributed by atoms with Crippen LogP contribution in [0.25, 0.3) is 21.8 Å². The number of aromatic nitrogens is 1. The first-order chi connectivity index (χ1) is 13.5. The highest BCUT2D eigenvalue weighted by atomic mass is 16.3. The molecule has 0 aliphatic heterocycles. The minimum atomic E-state index is -0.505. The van der Waals surface area contributed by atoms with Gasteiger partial charge in [0.15, 0.2) is 0 Å². The Hall–Kier alpha value is -3.64. The molecule has 6 nitrogen and oxygen atoms in total. The Labute approximate surface area is 161 Å². The van der Waals surface area contributed by atoms with Crippen molar-refractivity contribution in [2.24, 2.45) is 11.5 Å². The number of amides is 2. The zero-order valence-electron chi connectivity index (χ0n) is 15.0. The Bertz CT molecular complexity index is 1220. The van der Waals surface area contributed by atoms with E-state index in [0.29, 0.717) is 17.7 Å². The number of carbonyl (C=O) groups is 2. The summed E-state index contributed by atoms with van der Waals surface area (Å²) in [6.45, 7) is 0.397. The summed E-state index contributed by atoms with van der Waals surface area (Å²) in [7, 11) is 0. The zero-order valence-corrected chi connectivity index (χ0v) is 15.0. The van der Waals surface area contributed by atoms with E-state index in [4.69, 9.17) is 11.5 Å². The van der Waals surface area contributed by atoms with E-state index in [1.54, 1.807) is 30.3 Å². The maximum atomic E-state index is 12.0. The molecular formula is C22H18N3O3. The molecule has 0 atom stereocenters. The van der Waals surface area contributed by atoms with Crippen molar-refractivity contribution in [1.82, 2.24) is 4.57 Å². The molecule has 6 heteroatoms. The van der Waals surface area contributed by atoms with Crippen LogP contribution in [0, 0.1) is 6.07 Å². The number of primary amides is 2. The van der Waals surface area contributed by atoms with Gasteiger partial charge in [0, 0.05) is 28.4 Å². The molecule has 28 heavy (non-hydrogen) atoms. The Morgan fingerprint density at radius 3 is 2.36 bits per heavy atom. The lowest BCUT2D eigenvalue weighted by Gasteiger charge is -2.09. The van der Waals surface area contributed by atoms with Gasteiger partial charge in [-0.1, -0.05) is 18.2 Å². The van der Waals surface area contributed by atoms with Gasteiger partial charge in [-0.15, -0.1) is 0 Å². The van der Waals surface area contributed by atoms with E-state index >= 15 is 0 Å². The summed E-state index contributed by atoms with van der Waals surface area (Å²) in [6.07, 6.45) is 0. The summed E-state index contributed by atoms with van der Waals surface area (Å²) in [5.74, 6) is -0.980. The van der Waals surface area contributed by atoms with E-state index in [1.807, 2.05) is 28.8 Å². The van der Waals surface area contributed by atoms with Crippen molar-refractivity contribution in [3.05, 3.63) is 82.9 Å². The van der Waals surface area contributed by atoms with Gasteiger partial charge in [0.1, 0.15) is 0 Å². The SMILES string of the molecule is NC(=O)c1ccc(Cn2c3cc(CO)c[c]c3c3c(C(N)=O)cccc32)cc1. The quantitative estimate of drug-likeness (QED) is 0.500. The number of benzene rings is 3. The van der Waals surface area contributed by atoms with Crippen LogP contribution in [0.5, 0.6) is 0 Å². The summed E-state index contributed by atoms with van der Waals surface area (Å²) in [4.78, 5) is 23.3. The number of fused-ring (bicyclic) bond motifs is 3. The van der Waals surface area contributed by atoms with Crippen LogP contribution < -0.4 is 11.5 Å². The van der Waals surface area contributed by atoms with E-state index in [-0.39, 0.29) is 6.61 Å². The third kappa shape index (κ3) is 2.90. The van der Waals surface area contributed by atoms with Crippen LogP contribution >= 0.6 is 0 Å². The fraction of sp³-hybridized carbons (Fsp3) is 0.0909. The molecule has 0 spiro atoms. The molecule has 5 N–H and O–H groups in total. The standard InChI is InChI=1S/C22H18N3O3/c23-21(27)15-7-4-13(5-8-15)11-25-18-3-1-2-17(22(24)28)20(18)16-9-6-14(12-26)10-19(16)25/h1-8,10,26H,11-12H2,(H2,23,27)(H2,24,28). The number of carbonyl (C=O) groups excluding carboxylic acids is 2. The number of hydrogen-bond acceptors (Lipinski definition) is 3. The van der Waals surface area contributed by atoms with E-state index < -0.39 is 11.8 Å². The van der Waals surface area contributed by atoms with Gasteiger partial charge in [-0.05, 0) is 53.6 Å². The van der Waals surface area contributed by atoms with E-state index in [2.05, 4.69) is 6.07 Å². The molecule has 4 rings (SSSR count). The molecule has 0 aliphatic carbocycles. The number of nitrogens with zero attached hydrogens (tertiary/aromatic N) is 1. The minimum Gasteiger partial charge on any atom is -0.392 e. The predicted octanol–water partition coefficient (Wildman–Crippen LogP) is 2.33. The van der Waals surface area contributed by atoms with Gasteiger partial charge < -0.3 is 21.1 Å². The van der Waals surface area contributed by atoms with E-state index in [0.717, 1.165) is 32.9 Å². The highest BCUT2D eigenvalue weighted by Gasteiger charge is 2.17. The monoisotopic (exact) mass is 372 g/mol. The van der Waals surface area contributed by atoms with E-state index in [1.165, 1.54) is 0 Å². The van der Waals surface area contributed by atoms with Crippen molar-refractivity contribution >= 4 is 33.6 Å². The van der Waals surface area contributed by atoms with Gasteiger partial charge >= 0.3 is 0 Å². The lowest BCUT2D eigenvalue weighted by Crippen LogP contribution is -2.11. The molecule has 4 aromatic rings. The molecule has 139 valence electrons. The summed E-state index contributed by atoms with van der Waals surface area (Å²) in [5, 5.41) is 11.0. The van der Waals surface area contributed by atoms with Crippen molar-refractivity contribution in [3.8, 4) is 0 Å². The lowest BCUT2D eigenvalue weighted by atomic mass is 10.0. The number of aliphatic hydroxyl groups is 1. The highest BCUT2D eigenvalue weighted by molar-refractivity contribution is 6.17. The van der Waals surface area contributed by atoms with Crippen molar-refractivity contribution < 1.29 is 14.7 Å². The zero-order chi connectivity index (χ0) is 19.8. The van der Waals surface area contributed by atoms with Crippen LogP contribution in [-0.2, 0) is 13.2 Å².